The van der Waals surface area contributed by atoms with Crippen molar-refractivity contribution >= 4 is 17.3 Å². The van der Waals surface area contributed by atoms with Crippen LogP contribution in [-0.2, 0) is 13.1 Å². The predicted molar refractivity (Wildman–Crippen MR) is 120 cm³/mol. The molecule has 1 aliphatic heterocycles. The van der Waals surface area contributed by atoms with E-state index in [2.05, 4.69) is 75.2 Å². The van der Waals surface area contributed by atoms with Crippen LogP contribution in [0.4, 0.5) is 17.3 Å². The van der Waals surface area contributed by atoms with Gasteiger partial charge in [0, 0.05) is 26.2 Å². The molecular weight excluding hydrogens is 358 g/mol. The summed E-state index contributed by atoms with van der Waals surface area (Å²) in [4.78, 5) is 13.7. The number of anilines is 3. The molecule has 1 saturated heterocycles. The lowest BCUT2D eigenvalue weighted by Crippen LogP contribution is -2.36. The highest BCUT2D eigenvalue weighted by molar-refractivity contribution is 5.76. The minimum absolute atomic E-state index is 0.659. The number of nitrogens with zero attached hydrogens (tertiary/aromatic N) is 4. The fourth-order valence-corrected chi connectivity index (χ4v) is 4.08. The highest BCUT2D eigenvalue weighted by Crippen LogP contribution is 2.33. The van der Waals surface area contributed by atoms with Gasteiger partial charge in [0.15, 0.2) is 11.6 Å². The number of hydrogen-bond acceptors (Lipinski definition) is 5. The van der Waals surface area contributed by atoms with Crippen molar-refractivity contribution in [3.8, 4) is 0 Å². The molecule has 0 amide bonds. The van der Waals surface area contributed by atoms with Gasteiger partial charge in [0.25, 0.3) is 0 Å². The number of nitrogen functional groups attached to an aromatic ring is 1. The standard InChI is InChI=1S/C24H29N5/c1-19-9-8-14-28(15-19)23-22(25)24(27-18-26-23)29(16-20-10-4-2-5-11-20)17-21-12-6-3-7-13-21/h2-7,10-13,18-19H,8-9,14-17,25H2,1H3. The van der Waals surface area contributed by atoms with Gasteiger partial charge in [-0.2, -0.15) is 0 Å². The average Bonchev–Trinajstić information content (AvgIpc) is 2.75. The van der Waals surface area contributed by atoms with Crippen molar-refractivity contribution in [1.29, 1.82) is 0 Å². The van der Waals surface area contributed by atoms with E-state index in [1.807, 2.05) is 12.1 Å². The van der Waals surface area contributed by atoms with E-state index in [9.17, 15) is 0 Å². The van der Waals surface area contributed by atoms with Crippen LogP contribution in [0.3, 0.4) is 0 Å². The number of aromatic nitrogens is 2. The lowest BCUT2D eigenvalue weighted by Gasteiger charge is -2.33. The second-order valence-electron chi connectivity index (χ2n) is 7.96. The molecule has 1 aromatic heterocycles. The van der Waals surface area contributed by atoms with Crippen LogP contribution in [0.5, 0.6) is 0 Å². The van der Waals surface area contributed by atoms with E-state index in [1.165, 1.54) is 24.0 Å². The zero-order chi connectivity index (χ0) is 20.1. The summed E-state index contributed by atoms with van der Waals surface area (Å²) in [5, 5.41) is 0. The van der Waals surface area contributed by atoms with Crippen molar-refractivity contribution < 1.29 is 0 Å². The molecule has 2 N–H and O–H groups in total. The summed E-state index contributed by atoms with van der Waals surface area (Å²) in [6.07, 6.45) is 4.10. The number of piperidine rings is 1. The van der Waals surface area contributed by atoms with Gasteiger partial charge in [-0.1, -0.05) is 67.6 Å². The topological polar surface area (TPSA) is 58.3 Å². The van der Waals surface area contributed by atoms with Gasteiger partial charge < -0.3 is 15.5 Å². The number of benzene rings is 2. The van der Waals surface area contributed by atoms with Crippen molar-refractivity contribution in [1.82, 2.24) is 9.97 Å². The quantitative estimate of drug-likeness (QED) is 0.675. The van der Waals surface area contributed by atoms with E-state index >= 15 is 0 Å². The van der Waals surface area contributed by atoms with Crippen LogP contribution in [0.2, 0.25) is 0 Å². The van der Waals surface area contributed by atoms with Crippen molar-refractivity contribution in [2.75, 3.05) is 28.6 Å². The van der Waals surface area contributed by atoms with Crippen molar-refractivity contribution in [3.63, 3.8) is 0 Å². The van der Waals surface area contributed by atoms with Gasteiger partial charge in [-0.3, -0.25) is 0 Å². The third kappa shape index (κ3) is 4.67. The van der Waals surface area contributed by atoms with Crippen LogP contribution >= 0.6 is 0 Å². The molecule has 29 heavy (non-hydrogen) atoms. The zero-order valence-electron chi connectivity index (χ0n) is 17.0. The van der Waals surface area contributed by atoms with Crippen LogP contribution in [0.1, 0.15) is 30.9 Å². The fourth-order valence-electron chi connectivity index (χ4n) is 4.08. The number of hydrogen-bond donors (Lipinski definition) is 1. The van der Waals surface area contributed by atoms with Crippen molar-refractivity contribution in [2.45, 2.75) is 32.9 Å². The number of nitrogens with two attached hydrogens (primary N) is 1. The molecule has 5 heteroatoms. The third-order valence-corrected chi connectivity index (χ3v) is 5.53. The van der Waals surface area contributed by atoms with Gasteiger partial charge >= 0.3 is 0 Å². The SMILES string of the molecule is CC1CCCN(c2ncnc(N(Cc3ccccc3)Cc3ccccc3)c2N)C1. The minimum atomic E-state index is 0.659. The molecule has 0 radical (unpaired) electrons. The van der Waals surface area contributed by atoms with Crippen LogP contribution in [0.15, 0.2) is 67.0 Å². The van der Waals surface area contributed by atoms with E-state index in [1.54, 1.807) is 6.33 Å². The van der Waals surface area contributed by atoms with E-state index in [-0.39, 0.29) is 0 Å². The molecule has 4 rings (SSSR count). The Morgan fingerprint density at radius 3 is 2.17 bits per heavy atom. The molecule has 1 atom stereocenters. The van der Waals surface area contributed by atoms with Crippen molar-refractivity contribution in [2.24, 2.45) is 5.92 Å². The first-order chi connectivity index (χ1) is 14.2. The molecule has 2 heterocycles. The molecule has 0 spiro atoms. The van der Waals surface area contributed by atoms with E-state index in [4.69, 9.17) is 5.73 Å². The smallest absolute Gasteiger partial charge is 0.158 e. The second kappa shape index (κ2) is 8.95. The molecule has 150 valence electrons. The van der Waals surface area contributed by atoms with Crippen LogP contribution < -0.4 is 15.5 Å². The maximum atomic E-state index is 6.66. The van der Waals surface area contributed by atoms with Crippen LogP contribution in [0, 0.1) is 5.92 Å². The summed E-state index contributed by atoms with van der Waals surface area (Å²) in [5.41, 5.74) is 9.80. The molecule has 0 aliphatic carbocycles. The van der Waals surface area contributed by atoms with Gasteiger partial charge in [0.2, 0.25) is 0 Å². The van der Waals surface area contributed by atoms with Crippen LogP contribution in [0.25, 0.3) is 0 Å². The van der Waals surface area contributed by atoms with E-state index in [0.29, 0.717) is 11.6 Å². The van der Waals surface area contributed by atoms with Gasteiger partial charge in [-0.05, 0) is 29.9 Å². The monoisotopic (exact) mass is 387 g/mol. The lowest BCUT2D eigenvalue weighted by molar-refractivity contribution is 0.445. The van der Waals surface area contributed by atoms with Crippen molar-refractivity contribution in [3.05, 3.63) is 78.1 Å². The molecule has 1 unspecified atom stereocenters. The molecular formula is C24H29N5. The van der Waals surface area contributed by atoms with Gasteiger partial charge in [0.05, 0.1) is 0 Å². The molecule has 3 aromatic rings. The summed E-state index contributed by atoms with van der Waals surface area (Å²) in [6, 6.07) is 20.9. The Labute approximate surface area is 173 Å². The first kappa shape index (κ1) is 19.2. The van der Waals surface area contributed by atoms with Gasteiger partial charge in [-0.15, -0.1) is 0 Å². The van der Waals surface area contributed by atoms with Gasteiger partial charge in [0.1, 0.15) is 12.0 Å². The number of rotatable bonds is 6. The van der Waals surface area contributed by atoms with Crippen LogP contribution in [-0.4, -0.2) is 23.1 Å². The maximum Gasteiger partial charge on any atom is 0.158 e. The Hall–Kier alpha value is -3.08. The molecule has 1 aliphatic rings. The molecule has 0 bridgehead atoms. The Bertz CT molecular complexity index is 872. The van der Waals surface area contributed by atoms with E-state index < -0.39 is 0 Å². The maximum absolute atomic E-state index is 6.66. The highest BCUT2D eigenvalue weighted by atomic mass is 15.3. The summed E-state index contributed by atoms with van der Waals surface area (Å²) in [5.74, 6) is 2.33. The molecule has 1 fully saturated rings. The Kier molecular flexibility index (Phi) is 5.94. The summed E-state index contributed by atoms with van der Waals surface area (Å²) in [6.45, 7) is 5.78. The highest BCUT2D eigenvalue weighted by Gasteiger charge is 2.23. The predicted octanol–water partition coefficient (Wildman–Crippen LogP) is 4.50. The normalized spacial score (nSPS) is 16.6. The van der Waals surface area contributed by atoms with E-state index in [0.717, 1.165) is 37.8 Å². The first-order valence-electron chi connectivity index (χ1n) is 10.4. The largest absolute Gasteiger partial charge is 0.393 e. The third-order valence-electron chi connectivity index (χ3n) is 5.53. The minimum Gasteiger partial charge on any atom is -0.393 e. The fraction of sp³-hybridized carbons (Fsp3) is 0.333. The molecule has 5 nitrogen and oxygen atoms in total. The average molecular weight is 388 g/mol. The summed E-state index contributed by atoms with van der Waals surface area (Å²) < 4.78 is 0. The molecule has 2 aromatic carbocycles. The van der Waals surface area contributed by atoms with Gasteiger partial charge in [-0.25, -0.2) is 9.97 Å². The Balaban J connectivity index is 1.67. The summed E-state index contributed by atoms with van der Waals surface area (Å²) in [7, 11) is 0. The Morgan fingerprint density at radius 1 is 0.966 bits per heavy atom. The zero-order valence-corrected chi connectivity index (χ0v) is 17.0. The summed E-state index contributed by atoms with van der Waals surface area (Å²) >= 11 is 0. The molecule has 0 saturated carbocycles. The second-order valence-corrected chi connectivity index (χ2v) is 7.96. The first-order valence-corrected chi connectivity index (χ1v) is 10.4. The lowest BCUT2D eigenvalue weighted by atomic mass is 10.0. The Morgan fingerprint density at radius 2 is 1.59 bits per heavy atom.